The summed E-state index contributed by atoms with van der Waals surface area (Å²) >= 11 is 7.88. The summed E-state index contributed by atoms with van der Waals surface area (Å²) in [6.45, 7) is 0. The van der Waals surface area contributed by atoms with Gasteiger partial charge in [0.05, 0.1) is 0 Å². The number of alkyl halides is 2. The molecule has 0 bridgehead atoms. The van der Waals surface area contributed by atoms with Gasteiger partial charge in [-0.15, -0.1) is 11.6 Å². The summed E-state index contributed by atoms with van der Waals surface area (Å²) in [5.41, 5.74) is 0. The van der Waals surface area contributed by atoms with Gasteiger partial charge >= 0.3 is 0 Å². The average molecular weight is 202 g/mol. The number of halogens is 2. The molecule has 2 heteroatoms. The van der Waals surface area contributed by atoms with Crippen LogP contribution in [0.1, 0.15) is 6.42 Å². The molecule has 0 spiro atoms. The monoisotopic (exact) mass is 202 g/mol. The van der Waals surface area contributed by atoms with E-state index in [-0.39, 0.29) is 0 Å². The number of rotatable bonds is 0. The van der Waals surface area contributed by atoms with Crippen LogP contribution in [-0.2, 0) is 0 Å². The standard InChI is InChI=1S/C3H4ClI/c4-2-1-3(2)5/h2-3H,1H2. The van der Waals surface area contributed by atoms with Gasteiger partial charge in [-0.3, -0.25) is 0 Å². The van der Waals surface area contributed by atoms with Crippen LogP contribution in [0.4, 0.5) is 0 Å². The summed E-state index contributed by atoms with van der Waals surface area (Å²) in [6.07, 6.45) is 1.22. The summed E-state index contributed by atoms with van der Waals surface area (Å²) in [5, 5.41) is 0.510. The van der Waals surface area contributed by atoms with Crippen LogP contribution in [-0.4, -0.2) is 9.30 Å². The quantitative estimate of drug-likeness (QED) is 0.415. The zero-order valence-corrected chi connectivity index (χ0v) is 5.53. The van der Waals surface area contributed by atoms with E-state index in [1.54, 1.807) is 0 Å². The predicted octanol–water partition coefficient (Wildman–Crippen LogP) is 1.80. The molecule has 0 aliphatic heterocycles. The third-order valence-electron chi connectivity index (χ3n) is 0.640. The second kappa shape index (κ2) is 1.26. The van der Waals surface area contributed by atoms with Gasteiger partial charge < -0.3 is 0 Å². The van der Waals surface area contributed by atoms with Crippen molar-refractivity contribution in [1.29, 1.82) is 0 Å². The molecule has 0 N–H and O–H groups in total. The Morgan fingerprint density at radius 1 is 1.80 bits per heavy atom. The molecule has 5 heavy (non-hydrogen) atoms. The highest BCUT2D eigenvalue weighted by molar-refractivity contribution is 14.1. The van der Waals surface area contributed by atoms with Crippen LogP contribution in [0.15, 0.2) is 0 Å². The lowest BCUT2D eigenvalue weighted by Crippen LogP contribution is -1.62. The van der Waals surface area contributed by atoms with Crippen molar-refractivity contribution in [2.45, 2.75) is 15.7 Å². The minimum Gasteiger partial charge on any atom is -0.122 e. The maximum atomic E-state index is 5.53. The van der Waals surface area contributed by atoms with Crippen molar-refractivity contribution in [3.05, 3.63) is 0 Å². The molecule has 0 nitrogen and oxygen atoms in total. The Morgan fingerprint density at radius 2 is 2.00 bits per heavy atom. The summed E-state index contributed by atoms with van der Waals surface area (Å²) in [6, 6.07) is 0. The van der Waals surface area contributed by atoms with Crippen LogP contribution in [0.5, 0.6) is 0 Å². The number of hydrogen-bond donors (Lipinski definition) is 0. The molecule has 0 heterocycles. The largest absolute Gasteiger partial charge is 0.122 e. The van der Waals surface area contributed by atoms with E-state index in [1.807, 2.05) is 0 Å². The molecule has 0 aromatic carbocycles. The van der Waals surface area contributed by atoms with Crippen molar-refractivity contribution in [2.24, 2.45) is 0 Å². The van der Waals surface area contributed by atoms with Gasteiger partial charge in [0.1, 0.15) is 0 Å². The Balaban J connectivity index is 2.20. The molecule has 2 unspecified atom stereocenters. The first-order valence-corrected chi connectivity index (χ1v) is 3.27. The van der Waals surface area contributed by atoms with E-state index in [0.29, 0.717) is 5.38 Å². The Bertz CT molecular complexity index is 40.2. The van der Waals surface area contributed by atoms with Gasteiger partial charge in [-0.05, 0) is 6.42 Å². The highest BCUT2D eigenvalue weighted by Crippen LogP contribution is 2.35. The van der Waals surface area contributed by atoms with Crippen LogP contribution in [0.25, 0.3) is 0 Å². The zero-order valence-electron chi connectivity index (χ0n) is 2.62. The van der Waals surface area contributed by atoms with E-state index < -0.39 is 0 Å². The fourth-order valence-corrected chi connectivity index (χ4v) is 1.18. The Morgan fingerprint density at radius 3 is 2.00 bits per heavy atom. The Hall–Kier alpha value is 1.02. The molecular weight excluding hydrogens is 198 g/mol. The summed E-state index contributed by atoms with van der Waals surface area (Å²) in [5.74, 6) is 0. The van der Waals surface area contributed by atoms with Crippen LogP contribution in [0, 0.1) is 0 Å². The molecule has 2 atom stereocenters. The van der Waals surface area contributed by atoms with Gasteiger partial charge in [-0.1, -0.05) is 22.6 Å². The van der Waals surface area contributed by atoms with Crippen molar-refractivity contribution < 1.29 is 0 Å². The molecule has 0 aromatic heterocycles. The lowest BCUT2D eigenvalue weighted by molar-refractivity contribution is 1.50. The van der Waals surface area contributed by atoms with E-state index in [1.165, 1.54) is 6.42 Å². The average Bonchev–Trinajstić information content (AvgIpc) is 1.79. The summed E-state index contributed by atoms with van der Waals surface area (Å²) in [4.78, 5) is 0. The molecule has 0 amide bonds. The fourth-order valence-electron chi connectivity index (χ4n) is 0.137. The molecule has 0 saturated heterocycles. The molecular formula is C3H4ClI. The van der Waals surface area contributed by atoms with E-state index in [0.717, 1.165) is 3.92 Å². The van der Waals surface area contributed by atoms with Crippen LogP contribution >= 0.6 is 34.2 Å². The highest BCUT2D eigenvalue weighted by atomic mass is 127. The van der Waals surface area contributed by atoms with Crippen molar-refractivity contribution >= 4 is 34.2 Å². The molecule has 1 fully saturated rings. The van der Waals surface area contributed by atoms with Gasteiger partial charge in [0.25, 0.3) is 0 Å². The smallest absolute Gasteiger partial charge is 0.0464 e. The van der Waals surface area contributed by atoms with Crippen LogP contribution < -0.4 is 0 Å². The second-order valence-corrected chi connectivity index (χ2v) is 3.43. The SMILES string of the molecule is ClC1CC1I. The highest BCUT2D eigenvalue weighted by Gasteiger charge is 2.31. The third-order valence-corrected chi connectivity index (χ3v) is 2.92. The first kappa shape index (κ1) is 4.19. The molecule has 1 saturated carbocycles. The van der Waals surface area contributed by atoms with Crippen molar-refractivity contribution in [3.63, 3.8) is 0 Å². The third kappa shape index (κ3) is 0.929. The Kier molecular flexibility index (Phi) is 1.06. The van der Waals surface area contributed by atoms with Crippen molar-refractivity contribution in [1.82, 2.24) is 0 Å². The minimum atomic E-state index is 0.510. The lowest BCUT2D eigenvalue weighted by atomic mass is 11.0. The number of hydrogen-bond acceptors (Lipinski definition) is 0. The van der Waals surface area contributed by atoms with Gasteiger partial charge in [0, 0.05) is 9.30 Å². The molecule has 30 valence electrons. The van der Waals surface area contributed by atoms with Gasteiger partial charge in [-0.2, -0.15) is 0 Å². The molecule has 0 radical (unpaired) electrons. The minimum absolute atomic E-state index is 0.510. The van der Waals surface area contributed by atoms with E-state index in [4.69, 9.17) is 11.6 Å². The normalized spacial score (nSPS) is 49.2. The summed E-state index contributed by atoms with van der Waals surface area (Å²) in [7, 11) is 0. The van der Waals surface area contributed by atoms with Crippen LogP contribution in [0.3, 0.4) is 0 Å². The van der Waals surface area contributed by atoms with Gasteiger partial charge in [0.2, 0.25) is 0 Å². The molecule has 1 rings (SSSR count). The van der Waals surface area contributed by atoms with Gasteiger partial charge in [-0.25, -0.2) is 0 Å². The second-order valence-electron chi connectivity index (χ2n) is 1.27. The molecule has 1 aliphatic rings. The first-order valence-electron chi connectivity index (χ1n) is 1.59. The van der Waals surface area contributed by atoms with Crippen molar-refractivity contribution in [3.8, 4) is 0 Å². The Labute approximate surface area is 50.0 Å². The van der Waals surface area contributed by atoms with Crippen molar-refractivity contribution in [2.75, 3.05) is 0 Å². The zero-order chi connectivity index (χ0) is 3.86. The maximum absolute atomic E-state index is 5.53. The fraction of sp³-hybridized carbons (Fsp3) is 1.00. The van der Waals surface area contributed by atoms with Crippen LogP contribution in [0.2, 0.25) is 0 Å². The summed E-state index contributed by atoms with van der Waals surface area (Å²) < 4.78 is 0.786. The molecule has 0 aromatic rings. The topological polar surface area (TPSA) is 0 Å². The maximum Gasteiger partial charge on any atom is 0.0464 e. The van der Waals surface area contributed by atoms with Gasteiger partial charge in [0.15, 0.2) is 0 Å². The van der Waals surface area contributed by atoms with E-state index >= 15 is 0 Å². The molecule has 1 aliphatic carbocycles. The lowest BCUT2D eigenvalue weighted by Gasteiger charge is -1.62. The van der Waals surface area contributed by atoms with E-state index in [2.05, 4.69) is 22.6 Å². The van der Waals surface area contributed by atoms with E-state index in [9.17, 15) is 0 Å². The predicted molar refractivity (Wildman–Crippen MR) is 32.1 cm³/mol. The first-order chi connectivity index (χ1) is 2.30.